The quantitative estimate of drug-likeness (QED) is 0.0204. The van der Waals surface area contributed by atoms with Gasteiger partial charge in [-0.25, -0.2) is 4.79 Å². The maximum atomic E-state index is 15.1. The minimum absolute atomic E-state index is 0.00439. The number of carbonyl (C=O) groups excluding carboxylic acids is 10. The van der Waals surface area contributed by atoms with Crippen molar-refractivity contribution in [3.05, 3.63) is 144 Å². The van der Waals surface area contributed by atoms with Crippen LogP contribution in [0, 0.1) is 11.8 Å². The van der Waals surface area contributed by atoms with Crippen molar-refractivity contribution >= 4 is 81.9 Å². The van der Waals surface area contributed by atoms with Gasteiger partial charge in [-0.15, -0.1) is 0 Å². The zero-order valence-corrected chi connectivity index (χ0v) is 54.8. The predicted octanol–water partition coefficient (Wildman–Crippen LogP) is -1.27. The fraction of sp³-hybridized carbons (Fsp3) is 0.441. The van der Waals surface area contributed by atoms with Crippen molar-refractivity contribution in [1.29, 1.82) is 0 Å². The smallest absolute Gasteiger partial charge is 0.326 e. The normalized spacial score (nSPS) is 15.0. The monoisotopic (exact) mass is 1330 g/mol. The molecule has 0 bridgehead atoms. The van der Waals surface area contributed by atoms with Gasteiger partial charge in [0, 0.05) is 42.8 Å². The molecular weight excluding hydrogens is 1240 g/mol. The molecule has 0 radical (unpaired) electrons. The Labute approximate surface area is 556 Å². The van der Waals surface area contributed by atoms with Gasteiger partial charge in [0.05, 0.1) is 25.5 Å². The number of rotatable bonds is 40. The molecule has 0 saturated heterocycles. The van der Waals surface area contributed by atoms with Gasteiger partial charge in [-0.05, 0) is 72.8 Å². The van der Waals surface area contributed by atoms with Crippen molar-refractivity contribution in [2.24, 2.45) is 17.6 Å². The lowest BCUT2D eigenvalue weighted by Crippen LogP contribution is -2.70. The molecule has 0 fully saturated rings. The van der Waals surface area contributed by atoms with Gasteiger partial charge in [0.15, 0.2) is 6.04 Å². The molecular formula is C68H93N13O15+2. The lowest BCUT2D eigenvalue weighted by molar-refractivity contribution is -0.402. The van der Waals surface area contributed by atoms with Crippen LogP contribution in [-0.2, 0) is 83.2 Å². The minimum atomic E-state index is -1.88. The largest absolute Gasteiger partial charge is 0.481 e. The summed E-state index contributed by atoms with van der Waals surface area (Å²) in [7, 11) is 0. The number of quaternary nitrogens is 2. The number of aromatic amines is 1. The summed E-state index contributed by atoms with van der Waals surface area (Å²) in [6, 6.07) is 17.8. The second-order valence-electron chi connectivity index (χ2n) is 24.4. The predicted molar refractivity (Wildman–Crippen MR) is 352 cm³/mol. The van der Waals surface area contributed by atoms with Crippen LogP contribution >= 0.6 is 0 Å². The molecule has 5 rings (SSSR count). The van der Waals surface area contributed by atoms with E-state index >= 15 is 4.79 Å². The highest BCUT2D eigenvalue weighted by atomic mass is 16.4. The van der Waals surface area contributed by atoms with Crippen LogP contribution < -0.4 is 65.1 Å². The summed E-state index contributed by atoms with van der Waals surface area (Å²) in [5.74, 6) is -13.0. The van der Waals surface area contributed by atoms with E-state index in [-0.39, 0.29) is 44.4 Å². The lowest BCUT2D eigenvalue weighted by atomic mass is 9.96. The van der Waals surface area contributed by atoms with Crippen molar-refractivity contribution in [3.63, 3.8) is 0 Å². The van der Waals surface area contributed by atoms with E-state index in [0.717, 1.165) is 0 Å². The standard InChI is InChI=1S/C68H91N13O15/c1-6-39(4)57(66(93)79-54(68(95)96)33-43-24-14-9-15-25-43)80-65(92)53(36-56(84)85)77-63(90)52(34-44-37-72-47-27-17-16-26-45(44)47)76-62(89)50(31-41-20-10-7-11-21-41)75-60(87)48(28-18-19-29-69)73-61(88)49(30-38(2)3)78-67(94)58(40(5)82)81-64(91)51(32-42-22-12-8-13-23-42)74-59(86)46(70)35-55(71)83/h7-17,20-27,37-40,46,48-54,57-58,72,82H,6,18-19,28-36,69-70H2,1-5H3,(H2,71,83)(H,73,88)(H,74,86)(H,75,87)(H,76,89)(H,77,90)(H,78,94)(H,79,93)(H,80,92)(H,81,91)(H,84,85)(H,95,96)/p+2/t39-,40+,46-,48-,49-,50-,51-,52-,53-,54-,57-,58-/m0/s1. The van der Waals surface area contributed by atoms with Gasteiger partial charge in [-0.3, -0.25) is 52.7 Å². The number of aromatic nitrogens is 1. The number of H-pyrrole nitrogens is 1. The lowest BCUT2D eigenvalue weighted by Gasteiger charge is -2.29. The Bertz CT molecular complexity index is 3450. The van der Waals surface area contributed by atoms with Gasteiger partial charge < -0.3 is 85.4 Å². The molecule has 0 aliphatic rings. The van der Waals surface area contributed by atoms with E-state index in [0.29, 0.717) is 59.0 Å². The maximum absolute atomic E-state index is 15.1. The molecule has 5 aromatic rings. The van der Waals surface area contributed by atoms with E-state index in [1.54, 1.807) is 149 Å². The third-order valence-electron chi connectivity index (χ3n) is 16.1. The highest BCUT2D eigenvalue weighted by Crippen LogP contribution is 2.21. The van der Waals surface area contributed by atoms with Crippen LogP contribution in [0.15, 0.2) is 121 Å². The molecule has 0 aliphatic heterocycles. The zero-order chi connectivity index (χ0) is 70.6. The number of carboxylic acid groups (broad SMARTS) is 2. The Morgan fingerprint density at radius 1 is 0.479 bits per heavy atom. The molecule has 12 atom stereocenters. The number of nitrogens with one attached hydrogen (secondary N) is 10. The molecule has 21 N–H and O–H groups in total. The third-order valence-corrected chi connectivity index (χ3v) is 16.1. The number of unbranched alkanes of at least 4 members (excludes halogenated alkanes) is 1. The van der Waals surface area contributed by atoms with Crippen molar-refractivity contribution in [1.82, 2.24) is 52.8 Å². The first-order chi connectivity index (χ1) is 45.7. The Morgan fingerprint density at radius 2 is 0.896 bits per heavy atom. The Kier molecular flexibility index (Phi) is 30.6. The number of aliphatic hydroxyl groups is 1. The van der Waals surface area contributed by atoms with E-state index < -0.39 is 156 Å². The van der Waals surface area contributed by atoms with Gasteiger partial charge in [0.2, 0.25) is 53.2 Å². The third kappa shape index (κ3) is 24.7. The number of aliphatic carboxylic acids is 2. The van der Waals surface area contributed by atoms with E-state index in [1.165, 1.54) is 6.92 Å². The van der Waals surface area contributed by atoms with E-state index in [4.69, 9.17) is 5.73 Å². The molecule has 10 amide bonds. The van der Waals surface area contributed by atoms with Crippen molar-refractivity contribution in [2.75, 3.05) is 6.54 Å². The average Bonchev–Trinajstić information content (AvgIpc) is 1.71. The highest BCUT2D eigenvalue weighted by Gasteiger charge is 2.38. The molecule has 518 valence electrons. The number of aliphatic hydroxyl groups excluding tert-OH is 1. The molecule has 0 unspecified atom stereocenters. The number of hydrogen-bond acceptors (Lipinski definition) is 13. The number of fused-ring (bicyclic) bond motifs is 1. The van der Waals surface area contributed by atoms with Crippen molar-refractivity contribution in [3.8, 4) is 0 Å². The number of primary amides is 1. The Morgan fingerprint density at radius 3 is 1.40 bits per heavy atom. The first kappa shape index (κ1) is 76.7. The molecule has 1 heterocycles. The number of carboxylic acids is 2. The highest BCUT2D eigenvalue weighted by molar-refractivity contribution is 6.00. The van der Waals surface area contributed by atoms with Crippen LogP contribution in [0.5, 0.6) is 0 Å². The van der Waals surface area contributed by atoms with Gasteiger partial charge in [0.25, 0.3) is 5.91 Å². The van der Waals surface area contributed by atoms with Crippen LogP contribution in [0.4, 0.5) is 0 Å². The number of nitrogens with two attached hydrogens (primary N) is 1. The molecule has 0 saturated carbocycles. The van der Waals surface area contributed by atoms with Crippen LogP contribution in [-0.4, -0.2) is 164 Å². The van der Waals surface area contributed by atoms with Crippen LogP contribution in [0.3, 0.4) is 0 Å². The summed E-state index contributed by atoms with van der Waals surface area (Å²) in [5, 5.41) is 55.3. The molecule has 0 spiro atoms. The summed E-state index contributed by atoms with van der Waals surface area (Å²) >= 11 is 0. The summed E-state index contributed by atoms with van der Waals surface area (Å²) < 4.78 is 0. The fourth-order valence-corrected chi connectivity index (χ4v) is 10.6. The summed E-state index contributed by atoms with van der Waals surface area (Å²) in [4.78, 5) is 169. The summed E-state index contributed by atoms with van der Waals surface area (Å²) in [5.41, 5.74) is 15.8. The zero-order valence-electron chi connectivity index (χ0n) is 54.8. The molecule has 96 heavy (non-hydrogen) atoms. The number of amides is 10. The van der Waals surface area contributed by atoms with Gasteiger partial charge in [-0.1, -0.05) is 143 Å². The van der Waals surface area contributed by atoms with E-state index in [2.05, 4.69) is 64.3 Å². The molecule has 28 heteroatoms. The van der Waals surface area contributed by atoms with Crippen LogP contribution in [0.25, 0.3) is 10.9 Å². The van der Waals surface area contributed by atoms with Gasteiger partial charge in [-0.2, -0.15) is 0 Å². The van der Waals surface area contributed by atoms with Gasteiger partial charge in [0.1, 0.15) is 54.4 Å². The number of carbonyl (C=O) groups is 12. The summed E-state index contributed by atoms with van der Waals surface area (Å²) in [6.07, 6.45) is -0.934. The first-order valence-corrected chi connectivity index (χ1v) is 32.1. The van der Waals surface area contributed by atoms with E-state index in [1.807, 2.05) is 0 Å². The van der Waals surface area contributed by atoms with Crippen molar-refractivity contribution in [2.45, 2.75) is 172 Å². The topological polar surface area (TPSA) is 471 Å². The number of para-hydroxylation sites is 1. The fourth-order valence-electron chi connectivity index (χ4n) is 10.6. The van der Waals surface area contributed by atoms with E-state index in [9.17, 15) is 68.1 Å². The SMILES string of the molecule is CC[C@H](C)[C@H](NC(=O)[C@H](CC(=O)O)NC(=O)[C@H](Cc1c[nH]c2ccccc12)NC(=O)[C@H](Cc1ccccc1)NC(=O)[C@H](CCCC[NH3+])NC(=O)[C@H](CC(C)C)NC(=O)[C@@H](NC(=O)[C@H](Cc1ccccc1)NC(=O)[C@@H]([NH3+])CC(N)=O)[C@@H](C)O)C(=O)N[C@@H](Cc1ccccc1)C(=O)O. The average molecular weight is 1330 g/mol. The molecule has 0 aliphatic carbocycles. The first-order valence-electron chi connectivity index (χ1n) is 32.1. The second-order valence-corrected chi connectivity index (χ2v) is 24.4. The number of hydrogen-bond donors (Lipinski definition) is 16. The van der Waals surface area contributed by atoms with Crippen LogP contribution in [0.2, 0.25) is 0 Å². The Hall–Kier alpha value is -10.1. The van der Waals surface area contributed by atoms with Crippen LogP contribution in [0.1, 0.15) is 102 Å². The van der Waals surface area contributed by atoms with Gasteiger partial charge >= 0.3 is 11.9 Å². The minimum Gasteiger partial charge on any atom is -0.481 e. The maximum Gasteiger partial charge on any atom is 0.326 e. The Balaban J connectivity index is 1.43. The summed E-state index contributed by atoms with van der Waals surface area (Å²) in [6.45, 7) is 8.55. The number of benzene rings is 4. The molecule has 1 aromatic heterocycles. The molecule has 4 aromatic carbocycles. The second kappa shape index (κ2) is 38.3. The van der Waals surface area contributed by atoms with Crippen molar-refractivity contribution < 1.29 is 84.3 Å². The molecule has 28 nitrogen and oxygen atoms in total.